The van der Waals surface area contributed by atoms with Crippen molar-refractivity contribution in [3.8, 4) is 11.1 Å². The summed E-state index contributed by atoms with van der Waals surface area (Å²) < 4.78 is 5.31. The Hall–Kier alpha value is -2.00. The normalized spacial score (nSPS) is 10.5. The van der Waals surface area contributed by atoms with Crippen LogP contribution in [0.15, 0.2) is 71.6 Å². The highest BCUT2D eigenvalue weighted by molar-refractivity contribution is 7.95. The quantitative estimate of drug-likeness (QED) is 0.238. The molecule has 0 atom stereocenters. The maximum absolute atomic E-state index is 12.0. The van der Waals surface area contributed by atoms with Crippen LogP contribution in [0.2, 0.25) is 0 Å². The number of unbranched alkanes of at least 4 members (excludes halogenated alkanes) is 5. The fraction of sp³-hybridized carbons (Fsp3) is 0.348. The van der Waals surface area contributed by atoms with Crippen LogP contribution in [0.4, 0.5) is 0 Å². The zero-order chi connectivity index (χ0) is 18.6. The van der Waals surface area contributed by atoms with Gasteiger partial charge in [-0.2, -0.15) is 0 Å². The molecule has 138 valence electrons. The lowest BCUT2D eigenvalue weighted by molar-refractivity contribution is -0.129. The Morgan fingerprint density at radius 1 is 0.885 bits per heavy atom. The molecule has 0 radical (unpaired) electrons. The summed E-state index contributed by atoms with van der Waals surface area (Å²) in [6.07, 6.45) is 7.94. The van der Waals surface area contributed by atoms with E-state index in [1.807, 2.05) is 42.5 Å². The van der Waals surface area contributed by atoms with Crippen LogP contribution in [0.3, 0.4) is 0 Å². The van der Waals surface area contributed by atoms with Crippen molar-refractivity contribution in [1.82, 2.24) is 0 Å². The number of benzene rings is 2. The zero-order valence-electron chi connectivity index (χ0n) is 15.6. The Labute approximate surface area is 161 Å². The van der Waals surface area contributed by atoms with Crippen LogP contribution in [-0.2, 0) is 8.98 Å². The molecule has 0 amide bonds. The number of carbonyl (C=O) groups is 1. The summed E-state index contributed by atoms with van der Waals surface area (Å²) in [5.74, 6) is -0.310. The molecule has 0 aliphatic rings. The van der Waals surface area contributed by atoms with Gasteiger partial charge in [-0.05, 0) is 36.1 Å². The Bertz CT molecular complexity index is 677. The summed E-state index contributed by atoms with van der Waals surface area (Å²) in [5.41, 5.74) is 2.89. The lowest BCUT2D eigenvalue weighted by Gasteiger charge is -2.07. The van der Waals surface area contributed by atoms with Gasteiger partial charge in [0.2, 0.25) is 0 Å². The first-order valence-electron chi connectivity index (χ1n) is 9.43. The average Bonchev–Trinajstić information content (AvgIpc) is 2.69. The van der Waals surface area contributed by atoms with Crippen molar-refractivity contribution in [2.24, 2.45) is 0 Å². The highest BCUT2D eigenvalue weighted by Gasteiger charge is 2.10. The number of hydrogen-bond donors (Lipinski definition) is 0. The monoisotopic (exact) mass is 368 g/mol. The van der Waals surface area contributed by atoms with Gasteiger partial charge in [-0.25, -0.2) is 4.79 Å². The molecule has 0 heterocycles. The second kappa shape index (κ2) is 11.6. The highest BCUT2D eigenvalue weighted by Crippen LogP contribution is 2.25. The highest BCUT2D eigenvalue weighted by atomic mass is 32.2. The summed E-state index contributed by atoms with van der Waals surface area (Å²) in [6.45, 7) is 6.08. The van der Waals surface area contributed by atoms with E-state index in [1.54, 1.807) is 0 Å². The molecule has 0 spiro atoms. The third-order valence-electron chi connectivity index (χ3n) is 4.30. The third-order valence-corrected chi connectivity index (χ3v) is 5.00. The van der Waals surface area contributed by atoms with Gasteiger partial charge in [-0.3, -0.25) is 0 Å². The molecule has 0 aliphatic heterocycles. The maximum atomic E-state index is 12.0. The minimum Gasteiger partial charge on any atom is -0.383 e. The van der Waals surface area contributed by atoms with Crippen molar-refractivity contribution < 1.29 is 8.98 Å². The first-order valence-corrected chi connectivity index (χ1v) is 10.2. The fourth-order valence-corrected chi connectivity index (χ4v) is 3.24. The molecular weight excluding hydrogens is 340 g/mol. The fourth-order valence-electron chi connectivity index (χ4n) is 2.70. The molecule has 2 nitrogen and oxygen atoms in total. The Kier molecular flexibility index (Phi) is 9.05. The second-order valence-electron chi connectivity index (χ2n) is 6.47. The molecule has 0 bridgehead atoms. The van der Waals surface area contributed by atoms with Crippen molar-refractivity contribution in [3.05, 3.63) is 66.7 Å². The van der Waals surface area contributed by atoms with E-state index in [0.29, 0.717) is 5.57 Å². The van der Waals surface area contributed by atoms with Crippen molar-refractivity contribution in [2.45, 2.75) is 56.8 Å². The van der Waals surface area contributed by atoms with Crippen LogP contribution in [0.5, 0.6) is 0 Å². The number of carbonyl (C=O) groups excluding carboxylic acids is 1. The van der Waals surface area contributed by atoms with Crippen LogP contribution in [0.25, 0.3) is 11.1 Å². The largest absolute Gasteiger partial charge is 0.383 e. The predicted molar refractivity (Wildman–Crippen MR) is 111 cm³/mol. The Morgan fingerprint density at radius 2 is 1.50 bits per heavy atom. The molecule has 0 aromatic heterocycles. The molecule has 0 aliphatic carbocycles. The van der Waals surface area contributed by atoms with Crippen LogP contribution < -0.4 is 0 Å². The van der Waals surface area contributed by atoms with E-state index in [9.17, 15) is 4.79 Å². The topological polar surface area (TPSA) is 26.3 Å². The SMILES string of the molecule is C=C(CCCCCCCC)C(=O)OSc1ccc(-c2ccccc2)cc1. The molecule has 0 fully saturated rings. The molecule has 2 aromatic carbocycles. The van der Waals surface area contributed by atoms with Crippen LogP contribution in [0, 0.1) is 0 Å². The molecule has 26 heavy (non-hydrogen) atoms. The second-order valence-corrected chi connectivity index (χ2v) is 7.27. The number of rotatable bonds is 11. The standard InChI is InChI=1S/C23H28O2S/c1-3-4-5-6-7-9-12-19(2)23(24)25-26-22-17-15-21(16-18-22)20-13-10-8-11-14-20/h8,10-11,13-18H,2-7,9,12H2,1H3. The third kappa shape index (κ3) is 7.09. The predicted octanol–water partition coefficient (Wildman–Crippen LogP) is 7.21. The molecule has 0 N–H and O–H groups in total. The van der Waals surface area contributed by atoms with Gasteiger partial charge in [0.05, 0.1) is 12.0 Å². The summed E-state index contributed by atoms with van der Waals surface area (Å²) in [6, 6.07) is 18.2. The first-order chi connectivity index (χ1) is 12.7. The molecule has 0 saturated carbocycles. The zero-order valence-corrected chi connectivity index (χ0v) is 16.4. The van der Waals surface area contributed by atoms with E-state index in [-0.39, 0.29) is 5.97 Å². The van der Waals surface area contributed by atoms with Gasteiger partial charge in [-0.15, -0.1) is 0 Å². The van der Waals surface area contributed by atoms with E-state index >= 15 is 0 Å². The van der Waals surface area contributed by atoms with Gasteiger partial charge in [0.15, 0.2) is 0 Å². The van der Waals surface area contributed by atoms with Crippen molar-refractivity contribution >= 4 is 18.0 Å². The van der Waals surface area contributed by atoms with Crippen LogP contribution in [0.1, 0.15) is 51.9 Å². The van der Waals surface area contributed by atoms with E-state index in [4.69, 9.17) is 4.18 Å². The molecule has 3 heteroatoms. The van der Waals surface area contributed by atoms with Crippen molar-refractivity contribution in [3.63, 3.8) is 0 Å². The van der Waals surface area contributed by atoms with Gasteiger partial charge in [0.1, 0.15) is 0 Å². The van der Waals surface area contributed by atoms with Gasteiger partial charge in [-0.1, -0.05) is 88.1 Å². The lowest BCUT2D eigenvalue weighted by atomic mass is 10.1. The molecule has 0 saturated heterocycles. The van der Waals surface area contributed by atoms with E-state index in [1.165, 1.54) is 31.2 Å². The first kappa shape index (κ1) is 20.3. The van der Waals surface area contributed by atoms with Crippen molar-refractivity contribution in [1.29, 1.82) is 0 Å². The minimum absolute atomic E-state index is 0.310. The van der Waals surface area contributed by atoms with Gasteiger partial charge in [0, 0.05) is 10.5 Å². The maximum Gasteiger partial charge on any atom is 0.345 e. The van der Waals surface area contributed by atoms with E-state index in [0.717, 1.165) is 41.8 Å². The smallest absolute Gasteiger partial charge is 0.345 e. The average molecular weight is 369 g/mol. The lowest BCUT2D eigenvalue weighted by Crippen LogP contribution is -2.02. The molecule has 2 aromatic rings. The summed E-state index contributed by atoms with van der Waals surface area (Å²) >= 11 is 1.10. The Balaban J connectivity index is 1.70. The molecular formula is C23H28O2S. The van der Waals surface area contributed by atoms with Crippen LogP contribution >= 0.6 is 12.0 Å². The van der Waals surface area contributed by atoms with Gasteiger partial charge in [0.25, 0.3) is 0 Å². The molecule has 2 rings (SSSR count). The molecule has 0 unspecified atom stereocenters. The van der Waals surface area contributed by atoms with Gasteiger partial charge >= 0.3 is 5.97 Å². The van der Waals surface area contributed by atoms with Gasteiger partial charge < -0.3 is 4.18 Å². The summed E-state index contributed by atoms with van der Waals surface area (Å²) in [5, 5.41) is 0. The Morgan fingerprint density at radius 3 is 2.19 bits per heavy atom. The summed E-state index contributed by atoms with van der Waals surface area (Å²) in [4.78, 5) is 12.9. The minimum atomic E-state index is -0.310. The van der Waals surface area contributed by atoms with Crippen LogP contribution in [-0.4, -0.2) is 5.97 Å². The van der Waals surface area contributed by atoms with E-state index < -0.39 is 0 Å². The number of hydrogen-bond acceptors (Lipinski definition) is 3. The summed E-state index contributed by atoms with van der Waals surface area (Å²) in [7, 11) is 0. The van der Waals surface area contributed by atoms with Crippen molar-refractivity contribution in [2.75, 3.05) is 0 Å². The van der Waals surface area contributed by atoms with E-state index in [2.05, 4.69) is 25.6 Å².